The molecular weight excluding hydrogens is 333 g/mol. The Morgan fingerprint density at radius 1 is 1.09 bits per heavy atom. The van der Waals surface area contributed by atoms with Crippen LogP contribution in [0.25, 0.3) is 0 Å². The molecule has 0 unspecified atom stereocenters. The predicted octanol–water partition coefficient (Wildman–Crippen LogP) is 4.42. The Balaban J connectivity index is 1.85. The number of anilines is 1. The van der Waals surface area contributed by atoms with Crippen molar-refractivity contribution >= 4 is 40.7 Å². The third-order valence-electron chi connectivity index (χ3n) is 4.05. The van der Waals surface area contributed by atoms with E-state index in [2.05, 4.69) is 0 Å². The lowest BCUT2D eigenvalue weighted by atomic mass is 9.98. The zero-order chi connectivity index (χ0) is 16.6. The van der Waals surface area contributed by atoms with Crippen molar-refractivity contribution in [1.29, 1.82) is 0 Å². The van der Waals surface area contributed by atoms with Gasteiger partial charge in [-0.15, -0.1) is 0 Å². The molecule has 1 fully saturated rings. The van der Waals surface area contributed by atoms with Crippen LogP contribution >= 0.6 is 23.2 Å². The molecule has 3 nitrogen and oxygen atoms in total. The summed E-state index contributed by atoms with van der Waals surface area (Å²) in [5, 5.41) is 1.09. The highest BCUT2D eigenvalue weighted by atomic mass is 35.5. The zero-order valence-corrected chi connectivity index (χ0v) is 14.1. The topological polar surface area (TPSA) is 37.4 Å². The van der Waals surface area contributed by atoms with Crippen molar-refractivity contribution < 1.29 is 9.59 Å². The second kappa shape index (κ2) is 6.34. The molecule has 1 aliphatic heterocycles. The monoisotopic (exact) mass is 347 g/mol. The fourth-order valence-electron chi connectivity index (χ4n) is 2.82. The van der Waals surface area contributed by atoms with Crippen molar-refractivity contribution in [1.82, 2.24) is 0 Å². The lowest BCUT2D eigenvalue weighted by Gasteiger charge is -2.17. The first kappa shape index (κ1) is 16.0. The highest BCUT2D eigenvalue weighted by molar-refractivity contribution is 6.36. The van der Waals surface area contributed by atoms with Gasteiger partial charge in [0.2, 0.25) is 11.8 Å². The highest BCUT2D eigenvalue weighted by Gasteiger charge is 2.40. The Morgan fingerprint density at radius 2 is 1.78 bits per heavy atom. The summed E-state index contributed by atoms with van der Waals surface area (Å²) in [4.78, 5) is 26.2. The smallest absolute Gasteiger partial charge is 0.237 e. The minimum absolute atomic E-state index is 0.197. The number of aryl methyl sites for hydroxylation is 1. The number of benzene rings is 2. The summed E-state index contributed by atoms with van der Waals surface area (Å²) in [5.74, 6) is -0.765. The van der Waals surface area contributed by atoms with E-state index in [0.29, 0.717) is 22.2 Å². The number of carbonyl (C=O) groups excluding carboxylic acids is 2. The molecule has 2 aromatic rings. The molecule has 1 heterocycles. The van der Waals surface area contributed by atoms with Crippen LogP contribution in [-0.2, 0) is 16.0 Å². The number of halogens is 2. The van der Waals surface area contributed by atoms with Gasteiger partial charge in [-0.3, -0.25) is 9.59 Å². The molecule has 2 amide bonds. The van der Waals surface area contributed by atoms with E-state index in [1.165, 1.54) is 4.90 Å². The third kappa shape index (κ3) is 3.12. The number of rotatable bonds is 3. The average Bonchev–Trinajstić information content (AvgIpc) is 2.79. The summed E-state index contributed by atoms with van der Waals surface area (Å²) in [5.41, 5.74) is 2.30. The van der Waals surface area contributed by atoms with Gasteiger partial charge >= 0.3 is 0 Å². The molecule has 118 valence electrons. The number of imide groups is 1. The maximum atomic E-state index is 12.7. The van der Waals surface area contributed by atoms with Crippen molar-refractivity contribution in [2.24, 2.45) is 5.92 Å². The molecule has 5 heteroatoms. The number of hydrogen-bond donors (Lipinski definition) is 0. The molecule has 0 aliphatic carbocycles. The lowest BCUT2D eigenvalue weighted by Crippen LogP contribution is -2.31. The van der Waals surface area contributed by atoms with Gasteiger partial charge in [-0.2, -0.15) is 0 Å². The van der Waals surface area contributed by atoms with E-state index in [0.717, 1.165) is 11.1 Å². The molecule has 1 aliphatic rings. The van der Waals surface area contributed by atoms with E-state index < -0.39 is 0 Å². The van der Waals surface area contributed by atoms with E-state index >= 15 is 0 Å². The van der Waals surface area contributed by atoms with E-state index in [4.69, 9.17) is 23.2 Å². The second-order valence-corrected chi connectivity index (χ2v) is 6.52. The number of amides is 2. The standard InChI is InChI=1S/C18H15Cl2NO2/c1-11-3-2-4-15(17(11)20)21-16(22)10-13(18(21)23)9-12-5-7-14(19)8-6-12/h2-8,13H,9-10H2,1H3/t13-/m0/s1. The van der Waals surface area contributed by atoms with Gasteiger partial charge in [0.1, 0.15) is 0 Å². The van der Waals surface area contributed by atoms with Gasteiger partial charge in [-0.05, 0) is 42.7 Å². The van der Waals surface area contributed by atoms with Gasteiger partial charge in [0.25, 0.3) is 0 Å². The number of nitrogens with zero attached hydrogens (tertiary/aromatic N) is 1. The third-order valence-corrected chi connectivity index (χ3v) is 4.79. The molecule has 3 rings (SSSR count). The van der Waals surface area contributed by atoms with Crippen LogP contribution in [0.3, 0.4) is 0 Å². The molecule has 23 heavy (non-hydrogen) atoms. The fourth-order valence-corrected chi connectivity index (χ4v) is 3.15. The molecule has 0 saturated carbocycles. The van der Waals surface area contributed by atoms with Crippen LogP contribution in [0, 0.1) is 12.8 Å². The van der Waals surface area contributed by atoms with Crippen molar-refractivity contribution in [3.8, 4) is 0 Å². The maximum absolute atomic E-state index is 12.7. The summed E-state index contributed by atoms with van der Waals surface area (Å²) in [6.07, 6.45) is 0.716. The minimum Gasteiger partial charge on any atom is -0.274 e. The molecule has 0 aromatic heterocycles. The molecule has 0 bridgehead atoms. The fraction of sp³-hybridized carbons (Fsp3) is 0.222. The predicted molar refractivity (Wildman–Crippen MR) is 91.9 cm³/mol. The van der Waals surface area contributed by atoms with Gasteiger partial charge in [0.15, 0.2) is 0 Å². The van der Waals surface area contributed by atoms with Crippen LogP contribution in [0.2, 0.25) is 10.0 Å². The first-order valence-electron chi connectivity index (χ1n) is 7.33. The minimum atomic E-state index is -0.361. The SMILES string of the molecule is Cc1cccc(N2C(=O)C[C@H](Cc3ccc(Cl)cc3)C2=O)c1Cl. The number of hydrogen-bond acceptors (Lipinski definition) is 2. The van der Waals surface area contributed by atoms with Gasteiger partial charge in [0, 0.05) is 11.4 Å². The summed E-state index contributed by atoms with van der Waals surface area (Å²) in [6, 6.07) is 12.7. The van der Waals surface area contributed by atoms with E-state index in [1.807, 2.05) is 25.1 Å². The normalized spacial score (nSPS) is 17.9. The van der Waals surface area contributed by atoms with Crippen LogP contribution < -0.4 is 4.90 Å². The van der Waals surface area contributed by atoms with Crippen LogP contribution in [0.15, 0.2) is 42.5 Å². The molecule has 1 atom stereocenters. The molecule has 2 aromatic carbocycles. The summed E-state index contributed by atoms with van der Waals surface area (Å²) in [7, 11) is 0. The van der Waals surface area contributed by atoms with Crippen molar-refractivity contribution in [3.05, 3.63) is 63.6 Å². The Labute approximate surface area is 144 Å². The molecule has 0 radical (unpaired) electrons. The molecule has 0 spiro atoms. The Morgan fingerprint density at radius 3 is 2.48 bits per heavy atom. The maximum Gasteiger partial charge on any atom is 0.237 e. The summed E-state index contributed by atoms with van der Waals surface area (Å²) >= 11 is 12.1. The van der Waals surface area contributed by atoms with Crippen LogP contribution in [0.5, 0.6) is 0 Å². The Kier molecular flexibility index (Phi) is 4.42. The van der Waals surface area contributed by atoms with Gasteiger partial charge in [0.05, 0.1) is 16.6 Å². The van der Waals surface area contributed by atoms with Crippen molar-refractivity contribution in [3.63, 3.8) is 0 Å². The lowest BCUT2D eigenvalue weighted by molar-refractivity contribution is -0.122. The molecular formula is C18H15Cl2NO2. The molecule has 1 saturated heterocycles. The van der Waals surface area contributed by atoms with E-state index in [1.54, 1.807) is 24.3 Å². The van der Waals surface area contributed by atoms with Crippen molar-refractivity contribution in [2.75, 3.05) is 4.90 Å². The first-order chi connectivity index (χ1) is 11.0. The van der Waals surface area contributed by atoms with Gasteiger partial charge < -0.3 is 0 Å². The Bertz CT molecular complexity index is 771. The quantitative estimate of drug-likeness (QED) is 0.770. The Hall–Kier alpha value is -1.84. The van der Waals surface area contributed by atoms with E-state index in [9.17, 15) is 9.59 Å². The summed E-state index contributed by atoms with van der Waals surface area (Å²) in [6.45, 7) is 1.85. The van der Waals surface area contributed by atoms with Crippen molar-refractivity contribution in [2.45, 2.75) is 19.8 Å². The average molecular weight is 348 g/mol. The summed E-state index contributed by atoms with van der Waals surface area (Å²) < 4.78 is 0. The van der Waals surface area contributed by atoms with Crippen LogP contribution in [0.1, 0.15) is 17.5 Å². The first-order valence-corrected chi connectivity index (χ1v) is 8.09. The van der Waals surface area contributed by atoms with Gasteiger partial charge in [-0.1, -0.05) is 47.5 Å². The van der Waals surface area contributed by atoms with Crippen LogP contribution in [0.4, 0.5) is 5.69 Å². The van der Waals surface area contributed by atoms with Gasteiger partial charge in [-0.25, -0.2) is 4.90 Å². The van der Waals surface area contributed by atoms with E-state index in [-0.39, 0.29) is 24.2 Å². The second-order valence-electron chi connectivity index (χ2n) is 5.71. The largest absolute Gasteiger partial charge is 0.274 e. The van der Waals surface area contributed by atoms with Crippen LogP contribution in [-0.4, -0.2) is 11.8 Å². The zero-order valence-electron chi connectivity index (χ0n) is 12.6. The number of carbonyl (C=O) groups is 2. The highest BCUT2D eigenvalue weighted by Crippen LogP contribution is 2.35. The molecule has 0 N–H and O–H groups in total.